The van der Waals surface area contributed by atoms with Gasteiger partial charge in [0, 0.05) is 11.6 Å². The van der Waals surface area contributed by atoms with E-state index in [4.69, 9.17) is 0 Å². The van der Waals surface area contributed by atoms with Gasteiger partial charge in [-0.25, -0.2) is 0 Å². The van der Waals surface area contributed by atoms with Gasteiger partial charge in [-0.15, -0.1) is 0 Å². The van der Waals surface area contributed by atoms with Crippen LogP contribution in [0.15, 0.2) is 42.5 Å². The van der Waals surface area contributed by atoms with Crippen molar-refractivity contribution in [3.63, 3.8) is 0 Å². The summed E-state index contributed by atoms with van der Waals surface area (Å²) in [6.07, 6.45) is 3.91. The van der Waals surface area contributed by atoms with Crippen LogP contribution in [0.1, 0.15) is 20.3 Å². The number of anilines is 1. The fraction of sp³-hybridized carbons (Fsp3) is 0.333. The number of benzene rings is 1. The molecule has 0 aliphatic carbocycles. The smallest absolute Gasteiger partial charge is 0.307 e. The Morgan fingerprint density at radius 2 is 1.95 bits per heavy atom. The van der Waals surface area contributed by atoms with Crippen LogP contribution in [0.2, 0.25) is 0 Å². The lowest BCUT2D eigenvalue weighted by Crippen LogP contribution is -2.31. The first-order chi connectivity index (χ1) is 9.06. The summed E-state index contributed by atoms with van der Waals surface area (Å²) >= 11 is 0. The van der Waals surface area contributed by atoms with Gasteiger partial charge in [-0.3, -0.25) is 9.59 Å². The molecule has 1 amide bonds. The molecular formula is C15H19NO3. The third-order valence-corrected chi connectivity index (χ3v) is 3.00. The molecule has 102 valence electrons. The fourth-order valence-corrected chi connectivity index (χ4v) is 1.76. The Morgan fingerprint density at radius 3 is 2.47 bits per heavy atom. The largest absolute Gasteiger partial charge is 0.481 e. The van der Waals surface area contributed by atoms with E-state index in [-0.39, 0.29) is 5.91 Å². The van der Waals surface area contributed by atoms with Crippen molar-refractivity contribution in [3.8, 4) is 0 Å². The quantitative estimate of drug-likeness (QED) is 0.774. The third-order valence-electron chi connectivity index (χ3n) is 3.00. The summed E-state index contributed by atoms with van der Waals surface area (Å²) in [4.78, 5) is 23.2. The molecule has 4 heteroatoms. The van der Waals surface area contributed by atoms with Gasteiger partial charge in [0.1, 0.15) is 0 Å². The number of carbonyl (C=O) groups excluding carboxylic acids is 1. The van der Waals surface area contributed by atoms with Gasteiger partial charge in [-0.2, -0.15) is 0 Å². The second-order valence-electron chi connectivity index (χ2n) is 4.39. The number of hydrogen-bond acceptors (Lipinski definition) is 2. The van der Waals surface area contributed by atoms with Gasteiger partial charge in [0.25, 0.3) is 0 Å². The molecule has 2 N–H and O–H groups in total. The van der Waals surface area contributed by atoms with Crippen molar-refractivity contribution in [1.29, 1.82) is 0 Å². The van der Waals surface area contributed by atoms with E-state index in [9.17, 15) is 14.7 Å². The van der Waals surface area contributed by atoms with Crippen LogP contribution in [-0.2, 0) is 9.59 Å². The number of carboxylic acid groups (broad SMARTS) is 1. The lowest BCUT2D eigenvalue weighted by atomic mass is 9.90. The van der Waals surface area contributed by atoms with Crippen molar-refractivity contribution in [3.05, 3.63) is 42.5 Å². The van der Waals surface area contributed by atoms with Crippen molar-refractivity contribution < 1.29 is 14.7 Å². The molecule has 0 aliphatic heterocycles. The number of para-hydroxylation sites is 1. The Kier molecular flexibility index (Phi) is 5.79. The van der Waals surface area contributed by atoms with Crippen molar-refractivity contribution in [2.45, 2.75) is 20.3 Å². The van der Waals surface area contributed by atoms with Gasteiger partial charge in [-0.1, -0.05) is 37.3 Å². The van der Waals surface area contributed by atoms with Crippen molar-refractivity contribution in [2.75, 3.05) is 5.32 Å². The highest BCUT2D eigenvalue weighted by molar-refractivity contribution is 5.94. The van der Waals surface area contributed by atoms with Gasteiger partial charge < -0.3 is 10.4 Å². The summed E-state index contributed by atoms with van der Waals surface area (Å²) in [7, 11) is 0. The van der Waals surface area contributed by atoms with Crippen LogP contribution in [-0.4, -0.2) is 17.0 Å². The van der Waals surface area contributed by atoms with Crippen LogP contribution < -0.4 is 5.32 Å². The molecular weight excluding hydrogens is 242 g/mol. The number of carbonyl (C=O) groups is 2. The van der Waals surface area contributed by atoms with Crippen LogP contribution >= 0.6 is 0 Å². The Labute approximate surface area is 113 Å². The molecule has 1 rings (SSSR count). The standard InChI is InChI=1S/C15H19NO3/c1-3-4-10-13(15(18)19)11(2)14(17)16-12-8-6-5-7-9-12/h3-9,11,13H,10H2,1-2H3,(H,16,17)(H,18,19). The highest BCUT2D eigenvalue weighted by Crippen LogP contribution is 2.19. The van der Waals surface area contributed by atoms with E-state index in [1.165, 1.54) is 0 Å². The summed E-state index contributed by atoms with van der Waals surface area (Å²) in [6, 6.07) is 9.02. The maximum Gasteiger partial charge on any atom is 0.307 e. The molecule has 0 radical (unpaired) electrons. The van der Waals surface area contributed by atoms with E-state index in [1.54, 1.807) is 31.2 Å². The Balaban J connectivity index is 2.71. The monoisotopic (exact) mass is 261 g/mol. The van der Waals surface area contributed by atoms with Crippen LogP contribution in [0.4, 0.5) is 5.69 Å². The first kappa shape index (κ1) is 15.0. The van der Waals surface area contributed by atoms with Crippen LogP contribution in [0.5, 0.6) is 0 Å². The molecule has 1 aromatic carbocycles. The summed E-state index contributed by atoms with van der Waals surface area (Å²) in [5.74, 6) is -2.52. The van der Waals surface area contributed by atoms with Gasteiger partial charge >= 0.3 is 5.97 Å². The van der Waals surface area contributed by atoms with Crippen molar-refractivity contribution in [1.82, 2.24) is 0 Å². The summed E-state index contributed by atoms with van der Waals surface area (Å²) < 4.78 is 0. The summed E-state index contributed by atoms with van der Waals surface area (Å²) in [6.45, 7) is 3.47. The number of allylic oxidation sites excluding steroid dienone is 2. The van der Waals surface area contributed by atoms with E-state index in [2.05, 4.69) is 5.32 Å². The predicted molar refractivity (Wildman–Crippen MR) is 74.8 cm³/mol. The zero-order valence-electron chi connectivity index (χ0n) is 11.2. The molecule has 0 saturated heterocycles. The van der Waals surface area contributed by atoms with Gasteiger partial charge in [0.05, 0.1) is 5.92 Å². The lowest BCUT2D eigenvalue weighted by Gasteiger charge is -2.18. The minimum absolute atomic E-state index is 0.275. The van der Waals surface area contributed by atoms with Gasteiger partial charge in [0.15, 0.2) is 0 Å². The molecule has 0 spiro atoms. The second-order valence-corrected chi connectivity index (χ2v) is 4.39. The Bertz CT molecular complexity index is 454. The van der Waals surface area contributed by atoms with E-state index >= 15 is 0 Å². The second kappa shape index (κ2) is 7.36. The molecule has 4 nitrogen and oxygen atoms in total. The summed E-state index contributed by atoms with van der Waals surface area (Å²) in [5, 5.41) is 11.9. The zero-order chi connectivity index (χ0) is 14.3. The topological polar surface area (TPSA) is 66.4 Å². The average molecular weight is 261 g/mol. The fourth-order valence-electron chi connectivity index (χ4n) is 1.76. The minimum atomic E-state index is -0.950. The summed E-state index contributed by atoms with van der Waals surface area (Å²) in [5.41, 5.74) is 0.675. The number of rotatable bonds is 6. The zero-order valence-corrected chi connectivity index (χ0v) is 11.2. The SMILES string of the molecule is CC=CCC(C(=O)O)C(C)C(=O)Nc1ccccc1. The van der Waals surface area contributed by atoms with Crippen LogP contribution in [0.3, 0.4) is 0 Å². The van der Waals surface area contributed by atoms with E-state index < -0.39 is 17.8 Å². The molecule has 0 saturated carbocycles. The van der Waals surface area contributed by atoms with E-state index in [0.29, 0.717) is 12.1 Å². The average Bonchev–Trinajstić information content (AvgIpc) is 2.39. The molecule has 2 atom stereocenters. The first-order valence-electron chi connectivity index (χ1n) is 6.26. The molecule has 0 bridgehead atoms. The Morgan fingerprint density at radius 1 is 1.32 bits per heavy atom. The first-order valence-corrected chi connectivity index (χ1v) is 6.26. The van der Waals surface area contributed by atoms with Crippen molar-refractivity contribution >= 4 is 17.6 Å². The minimum Gasteiger partial charge on any atom is -0.481 e. The molecule has 0 aromatic heterocycles. The highest BCUT2D eigenvalue weighted by atomic mass is 16.4. The maximum atomic E-state index is 12.0. The highest BCUT2D eigenvalue weighted by Gasteiger charge is 2.28. The van der Waals surface area contributed by atoms with E-state index in [1.807, 2.05) is 25.1 Å². The number of aliphatic carboxylic acids is 1. The molecule has 0 fully saturated rings. The molecule has 2 unspecified atom stereocenters. The van der Waals surface area contributed by atoms with Crippen molar-refractivity contribution in [2.24, 2.45) is 11.8 Å². The maximum absolute atomic E-state index is 12.0. The van der Waals surface area contributed by atoms with E-state index in [0.717, 1.165) is 0 Å². The molecule has 0 heterocycles. The number of nitrogens with one attached hydrogen (secondary N) is 1. The third kappa shape index (κ3) is 4.58. The molecule has 0 aliphatic rings. The Hall–Kier alpha value is -2.10. The van der Waals surface area contributed by atoms with Crippen LogP contribution in [0, 0.1) is 11.8 Å². The number of carboxylic acids is 1. The number of amides is 1. The van der Waals surface area contributed by atoms with Crippen LogP contribution in [0.25, 0.3) is 0 Å². The normalized spacial score (nSPS) is 14.0. The molecule has 1 aromatic rings. The number of hydrogen-bond donors (Lipinski definition) is 2. The lowest BCUT2D eigenvalue weighted by molar-refractivity contribution is -0.145. The van der Waals surface area contributed by atoms with Gasteiger partial charge in [-0.05, 0) is 25.5 Å². The van der Waals surface area contributed by atoms with Gasteiger partial charge in [0.2, 0.25) is 5.91 Å². The molecule has 19 heavy (non-hydrogen) atoms. The predicted octanol–water partition coefficient (Wildman–Crippen LogP) is 2.93.